The number of carbonyl (C=O) groups is 1. The second kappa shape index (κ2) is 57.9. The van der Waals surface area contributed by atoms with Gasteiger partial charge >= 0.3 is 5.97 Å². The number of hydrogen-bond donors (Lipinski definition) is 2. The van der Waals surface area contributed by atoms with Gasteiger partial charge in [-0.1, -0.05) is 407 Å². The molecule has 4 aromatic rings. The Morgan fingerprint density at radius 3 is 0.914 bits per heavy atom. The fraction of sp³-hybridized carbons (Fsp3) is 0.709. The van der Waals surface area contributed by atoms with Crippen molar-refractivity contribution < 1.29 is 23.7 Å². The van der Waals surface area contributed by atoms with Crippen LogP contribution in [0.4, 0.5) is 0 Å². The quantitative estimate of drug-likeness (QED) is 0.0258. The van der Waals surface area contributed by atoms with Gasteiger partial charge in [-0.2, -0.15) is 0 Å². The standard InChI is InChI=1S/C86H142N2O5/c1-4-7-10-13-16-19-22-25-28-31-34-37-40-43-46-60-71-90-82-74-77(76-93-85(89)81(87)69-58-59-70-88-86(78-63-52-49-53-64-78,79-65-54-50-55-66-79)80-67-56-51-57-68-80)75-83(91-72-61-47-44-41-38-35-32-29-26-23-20-17-14-11-8-5-2)84(82)92-73-62-48-45-42-39-36-33-30-27-24-21-18-15-12-9-6-3/h49-57,63-68,74-75,81,88H,4-48,58-62,69-73,76,87H2,1-3H3. The van der Waals surface area contributed by atoms with Crippen LogP contribution in [0.1, 0.15) is 370 Å². The molecule has 0 aliphatic rings. The van der Waals surface area contributed by atoms with Gasteiger partial charge in [-0.3, -0.25) is 10.1 Å². The van der Waals surface area contributed by atoms with Crippen LogP contribution >= 0.6 is 0 Å². The van der Waals surface area contributed by atoms with E-state index in [1.54, 1.807) is 0 Å². The minimum atomic E-state index is -0.731. The number of rotatable bonds is 66. The van der Waals surface area contributed by atoms with E-state index in [1.807, 2.05) is 12.1 Å². The SMILES string of the molecule is CCCCCCCCCCCCCCCCCCOc1cc(COC(=O)C(N)CCCCNC(c2ccccc2)(c2ccccc2)c2ccccc2)cc(OCCCCCCCCCCCCCCCCCC)c1OCCCCCCCCCCCCCCCCCC. The molecule has 0 amide bonds. The van der Waals surface area contributed by atoms with Crippen LogP contribution in [-0.4, -0.2) is 38.4 Å². The van der Waals surface area contributed by atoms with Crippen molar-refractivity contribution in [3.05, 3.63) is 125 Å². The van der Waals surface area contributed by atoms with Gasteiger partial charge in [0.05, 0.1) is 25.4 Å². The summed E-state index contributed by atoms with van der Waals surface area (Å²) in [4.78, 5) is 13.8. The molecule has 4 rings (SSSR count). The second-order valence-electron chi connectivity index (χ2n) is 27.9. The molecule has 3 N–H and O–H groups in total. The zero-order valence-electron chi connectivity index (χ0n) is 60.6. The van der Waals surface area contributed by atoms with Crippen molar-refractivity contribution >= 4 is 5.97 Å². The smallest absolute Gasteiger partial charge is 0.323 e. The molecule has 0 radical (unpaired) electrons. The van der Waals surface area contributed by atoms with Crippen molar-refractivity contribution in [1.82, 2.24) is 5.32 Å². The number of esters is 1. The molecule has 7 nitrogen and oxygen atoms in total. The summed E-state index contributed by atoms with van der Waals surface area (Å²) in [5, 5.41) is 3.99. The van der Waals surface area contributed by atoms with Gasteiger partial charge in [0, 0.05) is 0 Å². The summed E-state index contributed by atoms with van der Waals surface area (Å²) < 4.78 is 26.3. The van der Waals surface area contributed by atoms with Crippen LogP contribution in [-0.2, 0) is 21.7 Å². The lowest BCUT2D eigenvalue weighted by Crippen LogP contribution is -2.45. The molecule has 0 aromatic heterocycles. The van der Waals surface area contributed by atoms with Gasteiger partial charge in [0.1, 0.15) is 12.6 Å². The van der Waals surface area contributed by atoms with Crippen molar-refractivity contribution in [3.63, 3.8) is 0 Å². The second-order valence-corrected chi connectivity index (χ2v) is 27.9. The summed E-state index contributed by atoms with van der Waals surface area (Å²) in [6.07, 6.45) is 66.2. The first kappa shape index (κ1) is 81.1. The Balaban J connectivity index is 1.34. The summed E-state index contributed by atoms with van der Waals surface area (Å²) in [6.45, 7) is 9.56. The lowest BCUT2D eigenvalue weighted by molar-refractivity contribution is -0.146. The summed E-state index contributed by atoms with van der Waals surface area (Å²) in [6, 6.07) is 35.4. The molecular formula is C86H142N2O5. The normalized spacial score (nSPS) is 12.0. The molecule has 1 atom stereocenters. The van der Waals surface area contributed by atoms with Crippen molar-refractivity contribution in [3.8, 4) is 17.2 Å². The predicted octanol–water partition coefficient (Wildman–Crippen LogP) is 25.7. The van der Waals surface area contributed by atoms with Gasteiger partial charge in [0.15, 0.2) is 11.5 Å². The van der Waals surface area contributed by atoms with E-state index in [1.165, 1.54) is 286 Å². The fourth-order valence-electron chi connectivity index (χ4n) is 13.6. The van der Waals surface area contributed by atoms with Crippen LogP contribution in [0.2, 0.25) is 0 Å². The highest BCUT2D eigenvalue weighted by atomic mass is 16.5. The average Bonchev–Trinajstić information content (AvgIpc) is 0.806. The van der Waals surface area contributed by atoms with E-state index in [0.717, 1.165) is 63.5 Å². The Morgan fingerprint density at radius 1 is 0.355 bits per heavy atom. The Labute approximate surface area is 573 Å². The van der Waals surface area contributed by atoms with Crippen LogP contribution in [0.15, 0.2) is 103 Å². The van der Waals surface area contributed by atoms with Crippen molar-refractivity contribution in [2.24, 2.45) is 5.73 Å². The average molecular weight is 1280 g/mol. The number of hydrogen-bond acceptors (Lipinski definition) is 7. The summed E-state index contributed by atoms with van der Waals surface area (Å²) in [5.41, 5.74) is 10.5. The van der Waals surface area contributed by atoms with Crippen molar-refractivity contribution in [2.75, 3.05) is 26.4 Å². The highest BCUT2D eigenvalue weighted by molar-refractivity contribution is 5.75. The molecule has 7 heteroatoms. The zero-order valence-corrected chi connectivity index (χ0v) is 60.6. The summed E-state index contributed by atoms with van der Waals surface area (Å²) >= 11 is 0. The Bertz CT molecular complexity index is 2120. The van der Waals surface area contributed by atoms with Crippen molar-refractivity contribution in [1.29, 1.82) is 0 Å². The van der Waals surface area contributed by atoms with Gasteiger partial charge in [0.2, 0.25) is 5.75 Å². The van der Waals surface area contributed by atoms with E-state index in [0.29, 0.717) is 43.5 Å². The topological polar surface area (TPSA) is 92.0 Å². The first-order valence-corrected chi connectivity index (χ1v) is 39.9. The molecule has 0 heterocycles. The van der Waals surface area contributed by atoms with Gasteiger partial charge in [-0.05, 0) is 73.0 Å². The number of nitrogens with one attached hydrogen (secondary N) is 1. The first-order chi connectivity index (χ1) is 46.0. The predicted molar refractivity (Wildman–Crippen MR) is 400 cm³/mol. The van der Waals surface area contributed by atoms with E-state index in [2.05, 4.69) is 117 Å². The zero-order chi connectivity index (χ0) is 65.9. The van der Waals surface area contributed by atoms with Crippen LogP contribution in [0.5, 0.6) is 17.2 Å². The fourth-order valence-corrected chi connectivity index (χ4v) is 13.6. The number of benzene rings is 4. The molecule has 0 fully saturated rings. The molecule has 0 saturated heterocycles. The van der Waals surface area contributed by atoms with Crippen LogP contribution in [0, 0.1) is 0 Å². The molecule has 0 saturated carbocycles. The van der Waals surface area contributed by atoms with Gasteiger partial charge in [-0.25, -0.2) is 0 Å². The number of nitrogens with two attached hydrogens (primary N) is 1. The third-order valence-corrected chi connectivity index (χ3v) is 19.5. The molecule has 0 spiro atoms. The molecule has 0 bridgehead atoms. The van der Waals surface area contributed by atoms with E-state index >= 15 is 0 Å². The maximum atomic E-state index is 13.8. The molecule has 0 aliphatic heterocycles. The molecule has 526 valence electrons. The molecule has 1 unspecified atom stereocenters. The maximum absolute atomic E-state index is 13.8. The minimum Gasteiger partial charge on any atom is -0.490 e. The van der Waals surface area contributed by atoms with Crippen LogP contribution in [0.25, 0.3) is 0 Å². The Hall–Kier alpha value is -4.33. The van der Waals surface area contributed by atoms with Crippen molar-refractivity contribution in [2.45, 2.75) is 366 Å². The summed E-state index contributed by atoms with van der Waals surface area (Å²) in [5.74, 6) is 1.69. The minimum absolute atomic E-state index is 0.0893. The lowest BCUT2D eigenvalue weighted by atomic mass is 9.77. The van der Waals surface area contributed by atoms with Gasteiger partial charge in [0.25, 0.3) is 0 Å². The first-order valence-electron chi connectivity index (χ1n) is 39.9. The Morgan fingerprint density at radius 2 is 0.624 bits per heavy atom. The molecule has 0 aliphatic carbocycles. The van der Waals surface area contributed by atoms with Crippen LogP contribution < -0.4 is 25.3 Å². The van der Waals surface area contributed by atoms with Gasteiger partial charge in [-0.15, -0.1) is 0 Å². The molecule has 93 heavy (non-hydrogen) atoms. The number of carbonyl (C=O) groups excluding carboxylic acids is 1. The van der Waals surface area contributed by atoms with Gasteiger partial charge < -0.3 is 24.7 Å². The highest BCUT2D eigenvalue weighted by Gasteiger charge is 2.35. The Kier molecular flexibility index (Phi) is 50.5. The van der Waals surface area contributed by atoms with E-state index in [-0.39, 0.29) is 12.6 Å². The monoisotopic (exact) mass is 1280 g/mol. The van der Waals surface area contributed by atoms with Crippen LogP contribution in [0.3, 0.4) is 0 Å². The van der Waals surface area contributed by atoms with E-state index in [9.17, 15) is 4.79 Å². The molecule has 4 aromatic carbocycles. The summed E-state index contributed by atoms with van der Waals surface area (Å²) in [7, 11) is 0. The largest absolute Gasteiger partial charge is 0.490 e. The third-order valence-electron chi connectivity index (χ3n) is 19.5. The molecular weight excluding hydrogens is 1140 g/mol. The number of ether oxygens (including phenoxy) is 4. The van der Waals surface area contributed by atoms with E-state index < -0.39 is 11.6 Å². The maximum Gasteiger partial charge on any atom is 0.323 e. The van der Waals surface area contributed by atoms with E-state index in [4.69, 9.17) is 24.7 Å². The highest BCUT2D eigenvalue weighted by Crippen LogP contribution is 2.41. The lowest BCUT2D eigenvalue weighted by Gasteiger charge is -2.37. The number of unbranched alkanes of at least 4 members (excludes halogenated alkanes) is 46. The third kappa shape index (κ3) is 38.9.